The molecule has 0 aliphatic rings. The van der Waals surface area contributed by atoms with Gasteiger partial charge in [-0.2, -0.15) is 4.98 Å². The highest BCUT2D eigenvalue weighted by atomic mass is 35.5. The molecule has 2 aromatic heterocycles. The fourth-order valence-electron chi connectivity index (χ4n) is 2.03. The Hall–Kier alpha value is -2.40. The second kappa shape index (κ2) is 5.54. The van der Waals surface area contributed by atoms with Gasteiger partial charge in [-0.05, 0) is 31.2 Å². The van der Waals surface area contributed by atoms with Crippen molar-refractivity contribution in [2.75, 3.05) is 12.4 Å². The number of aromatic nitrogens is 3. The summed E-state index contributed by atoms with van der Waals surface area (Å²) in [5, 5.41) is 4.46. The van der Waals surface area contributed by atoms with Gasteiger partial charge in [0.15, 0.2) is 5.75 Å². The first-order valence-electron chi connectivity index (χ1n) is 6.42. The predicted octanol–water partition coefficient (Wildman–Crippen LogP) is 3.82. The SMILES string of the molecule is CNc1cc(Oc2ccc(Cl)c3cccnc23)nc(C)n1. The highest BCUT2D eigenvalue weighted by Crippen LogP contribution is 2.32. The van der Waals surface area contributed by atoms with E-state index in [4.69, 9.17) is 16.3 Å². The lowest BCUT2D eigenvalue weighted by Gasteiger charge is -2.10. The Morgan fingerprint density at radius 2 is 2.05 bits per heavy atom. The van der Waals surface area contributed by atoms with E-state index in [9.17, 15) is 0 Å². The molecule has 5 nitrogen and oxygen atoms in total. The van der Waals surface area contributed by atoms with Crippen LogP contribution >= 0.6 is 11.6 Å². The maximum absolute atomic E-state index is 6.17. The first kappa shape index (κ1) is 13.6. The molecule has 0 amide bonds. The zero-order valence-electron chi connectivity index (χ0n) is 11.6. The Morgan fingerprint density at radius 3 is 2.86 bits per heavy atom. The number of pyridine rings is 1. The largest absolute Gasteiger partial charge is 0.437 e. The fourth-order valence-corrected chi connectivity index (χ4v) is 2.24. The van der Waals surface area contributed by atoms with Crippen molar-refractivity contribution in [1.82, 2.24) is 15.0 Å². The average Bonchev–Trinajstić information content (AvgIpc) is 2.50. The van der Waals surface area contributed by atoms with E-state index in [2.05, 4.69) is 20.3 Å². The van der Waals surface area contributed by atoms with E-state index >= 15 is 0 Å². The topological polar surface area (TPSA) is 59.9 Å². The molecule has 21 heavy (non-hydrogen) atoms. The zero-order valence-corrected chi connectivity index (χ0v) is 12.3. The Morgan fingerprint density at radius 1 is 1.19 bits per heavy atom. The molecule has 106 valence electrons. The van der Waals surface area contributed by atoms with Gasteiger partial charge in [0, 0.05) is 24.7 Å². The van der Waals surface area contributed by atoms with Gasteiger partial charge in [0.05, 0.1) is 5.02 Å². The van der Waals surface area contributed by atoms with Gasteiger partial charge in [0.1, 0.15) is 17.2 Å². The van der Waals surface area contributed by atoms with Crippen LogP contribution in [0.25, 0.3) is 10.9 Å². The Kier molecular flexibility index (Phi) is 3.58. The first-order valence-corrected chi connectivity index (χ1v) is 6.79. The van der Waals surface area contributed by atoms with Gasteiger partial charge in [0.2, 0.25) is 5.88 Å². The van der Waals surface area contributed by atoms with E-state index in [-0.39, 0.29) is 0 Å². The number of hydrogen-bond donors (Lipinski definition) is 1. The minimum Gasteiger partial charge on any atom is -0.437 e. The second-order valence-electron chi connectivity index (χ2n) is 4.44. The minimum absolute atomic E-state index is 0.459. The minimum atomic E-state index is 0.459. The van der Waals surface area contributed by atoms with Gasteiger partial charge in [-0.3, -0.25) is 4.98 Å². The normalized spacial score (nSPS) is 10.6. The molecule has 0 spiro atoms. The maximum atomic E-state index is 6.17. The smallest absolute Gasteiger partial charge is 0.224 e. The Labute approximate surface area is 127 Å². The first-order chi connectivity index (χ1) is 10.2. The third kappa shape index (κ3) is 2.73. The van der Waals surface area contributed by atoms with E-state index in [1.165, 1.54) is 0 Å². The van der Waals surface area contributed by atoms with Crippen LogP contribution < -0.4 is 10.1 Å². The number of nitrogens with one attached hydrogen (secondary N) is 1. The third-order valence-corrected chi connectivity index (χ3v) is 3.29. The second-order valence-corrected chi connectivity index (χ2v) is 4.84. The molecule has 0 saturated carbocycles. The molecule has 0 radical (unpaired) electrons. The lowest BCUT2D eigenvalue weighted by Crippen LogP contribution is -1.99. The molecule has 6 heteroatoms. The van der Waals surface area contributed by atoms with Gasteiger partial charge in [0.25, 0.3) is 0 Å². The van der Waals surface area contributed by atoms with E-state index in [1.54, 1.807) is 31.4 Å². The summed E-state index contributed by atoms with van der Waals surface area (Å²) in [6.07, 6.45) is 1.70. The lowest BCUT2D eigenvalue weighted by molar-refractivity contribution is 0.464. The van der Waals surface area contributed by atoms with Crippen LogP contribution in [-0.2, 0) is 0 Å². The Bertz CT molecular complexity index is 807. The van der Waals surface area contributed by atoms with Crippen LogP contribution in [-0.4, -0.2) is 22.0 Å². The van der Waals surface area contributed by atoms with Gasteiger partial charge in [-0.1, -0.05) is 11.6 Å². The summed E-state index contributed by atoms with van der Waals surface area (Å²) >= 11 is 6.17. The summed E-state index contributed by atoms with van der Waals surface area (Å²) in [5.74, 6) is 2.39. The molecule has 2 heterocycles. The molecule has 3 rings (SSSR count). The molecular weight excluding hydrogens is 288 g/mol. The quantitative estimate of drug-likeness (QED) is 0.797. The monoisotopic (exact) mass is 300 g/mol. The van der Waals surface area contributed by atoms with Crippen LogP contribution in [0.15, 0.2) is 36.5 Å². The van der Waals surface area contributed by atoms with Crippen molar-refractivity contribution >= 4 is 28.3 Å². The summed E-state index contributed by atoms with van der Waals surface area (Å²) < 4.78 is 5.86. The van der Waals surface area contributed by atoms with Gasteiger partial charge in [-0.15, -0.1) is 0 Å². The number of benzene rings is 1. The number of fused-ring (bicyclic) bond motifs is 1. The number of aryl methyl sites for hydroxylation is 1. The van der Waals surface area contributed by atoms with Crippen molar-refractivity contribution < 1.29 is 4.74 Å². The van der Waals surface area contributed by atoms with Crippen LogP contribution in [0.4, 0.5) is 5.82 Å². The number of hydrogen-bond acceptors (Lipinski definition) is 5. The van der Waals surface area contributed by atoms with Crippen LogP contribution in [0.3, 0.4) is 0 Å². The van der Waals surface area contributed by atoms with Crippen molar-refractivity contribution in [1.29, 1.82) is 0 Å². The maximum Gasteiger partial charge on any atom is 0.224 e. The average molecular weight is 301 g/mol. The van der Waals surface area contributed by atoms with Gasteiger partial charge >= 0.3 is 0 Å². The molecule has 1 aromatic carbocycles. The molecule has 0 atom stereocenters. The van der Waals surface area contributed by atoms with Crippen molar-refractivity contribution in [3.05, 3.63) is 47.4 Å². The van der Waals surface area contributed by atoms with Crippen molar-refractivity contribution in [2.24, 2.45) is 0 Å². The van der Waals surface area contributed by atoms with Crippen molar-refractivity contribution in [3.63, 3.8) is 0 Å². The van der Waals surface area contributed by atoms with Crippen LogP contribution in [0.2, 0.25) is 5.02 Å². The molecular formula is C15H13ClN4O. The third-order valence-electron chi connectivity index (χ3n) is 2.96. The van der Waals surface area contributed by atoms with Crippen molar-refractivity contribution in [2.45, 2.75) is 6.92 Å². The number of anilines is 1. The summed E-state index contributed by atoms with van der Waals surface area (Å²) in [4.78, 5) is 12.8. The fraction of sp³-hybridized carbons (Fsp3) is 0.133. The molecule has 0 bridgehead atoms. The zero-order chi connectivity index (χ0) is 14.8. The van der Waals surface area contributed by atoms with Crippen LogP contribution in [0.5, 0.6) is 11.6 Å². The van der Waals surface area contributed by atoms with E-state index < -0.39 is 0 Å². The van der Waals surface area contributed by atoms with Gasteiger partial charge < -0.3 is 10.1 Å². The summed E-state index contributed by atoms with van der Waals surface area (Å²) in [7, 11) is 1.80. The van der Waals surface area contributed by atoms with E-state index in [1.807, 2.05) is 19.1 Å². The molecule has 0 saturated heterocycles. The molecule has 0 unspecified atom stereocenters. The number of halogens is 1. The molecule has 0 aliphatic heterocycles. The summed E-state index contributed by atoms with van der Waals surface area (Å²) in [6.45, 7) is 1.81. The lowest BCUT2D eigenvalue weighted by atomic mass is 10.2. The van der Waals surface area contributed by atoms with Crippen LogP contribution in [0.1, 0.15) is 5.82 Å². The number of nitrogens with zero attached hydrogens (tertiary/aromatic N) is 3. The highest BCUT2D eigenvalue weighted by molar-refractivity contribution is 6.35. The standard InChI is InChI=1S/C15H13ClN4O/c1-9-19-13(17-2)8-14(20-9)21-12-6-5-11(16)10-4-3-7-18-15(10)12/h3-8H,1-2H3,(H,17,19,20). The predicted molar refractivity (Wildman–Crippen MR) is 83.1 cm³/mol. The molecule has 0 aliphatic carbocycles. The Balaban J connectivity index is 2.06. The van der Waals surface area contributed by atoms with Crippen LogP contribution in [0, 0.1) is 6.92 Å². The van der Waals surface area contributed by atoms with Gasteiger partial charge in [-0.25, -0.2) is 4.98 Å². The molecule has 0 fully saturated rings. The number of ether oxygens (including phenoxy) is 1. The van der Waals surface area contributed by atoms with E-state index in [0.29, 0.717) is 33.8 Å². The molecule has 3 aromatic rings. The summed E-state index contributed by atoms with van der Waals surface area (Å²) in [6, 6.07) is 9.05. The van der Waals surface area contributed by atoms with E-state index in [0.717, 1.165) is 5.39 Å². The molecule has 1 N–H and O–H groups in total. The number of rotatable bonds is 3. The van der Waals surface area contributed by atoms with Crippen molar-refractivity contribution in [3.8, 4) is 11.6 Å². The summed E-state index contributed by atoms with van der Waals surface area (Å²) in [5.41, 5.74) is 0.701. The highest BCUT2D eigenvalue weighted by Gasteiger charge is 2.09.